The van der Waals surface area contributed by atoms with Gasteiger partial charge in [0.2, 0.25) is 0 Å². The van der Waals surface area contributed by atoms with Crippen molar-refractivity contribution in [2.75, 3.05) is 6.54 Å². The van der Waals surface area contributed by atoms with Gasteiger partial charge in [-0.3, -0.25) is 0 Å². The fourth-order valence-electron chi connectivity index (χ4n) is 3.28. The number of aryl methyl sites for hydroxylation is 1. The summed E-state index contributed by atoms with van der Waals surface area (Å²) in [5.41, 5.74) is 3.89. The molecule has 2 aromatic rings. The van der Waals surface area contributed by atoms with Gasteiger partial charge in [-0.15, -0.1) is 0 Å². The second-order valence-electron chi connectivity index (χ2n) is 6.12. The highest BCUT2D eigenvalue weighted by Crippen LogP contribution is 2.29. The molecular weight excluding hydrogens is 258 g/mol. The van der Waals surface area contributed by atoms with E-state index in [9.17, 15) is 0 Å². The fourth-order valence-corrected chi connectivity index (χ4v) is 3.28. The third kappa shape index (κ3) is 3.21. The van der Waals surface area contributed by atoms with Gasteiger partial charge < -0.3 is 9.73 Å². The normalized spacial score (nSPS) is 17.0. The van der Waals surface area contributed by atoms with Crippen LogP contribution in [-0.2, 0) is 0 Å². The van der Waals surface area contributed by atoms with Crippen LogP contribution in [0.3, 0.4) is 0 Å². The summed E-state index contributed by atoms with van der Waals surface area (Å²) in [7, 11) is 0. The summed E-state index contributed by atoms with van der Waals surface area (Å²) in [5, 5.41) is 4.85. The molecule has 1 atom stereocenters. The first kappa shape index (κ1) is 14.4. The molecule has 1 N–H and O–H groups in total. The van der Waals surface area contributed by atoms with Gasteiger partial charge in [-0.1, -0.05) is 29.8 Å². The van der Waals surface area contributed by atoms with E-state index in [2.05, 4.69) is 37.4 Å². The van der Waals surface area contributed by atoms with Crippen LogP contribution < -0.4 is 5.32 Å². The second kappa shape index (κ2) is 6.48. The van der Waals surface area contributed by atoms with Crippen molar-refractivity contribution in [1.82, 2.24) is 5.32 Å². The molecule has 1 aliphatic rings. The summed E-state index contributed by atoms with van der Waals surface area (Å²) >= 11 is 0. The first-order chi connectivity index (χ1) is 10.3. The van der Waals surface area contributed by atoms with E-state index in [1.165, 1.54) is 43.1 Å². The van der Waals surface area contributed by atoms with Crippen LogP contribution in [-0.4, -0.2) is 6.54 Å². The Balaban J connectivity index is 1.62. The third-order valence-corrected chi connectivity index (χ3v) is 4.56. The van der Waals surface area contributed by atoms with Crippen molar-refractivity contribution in [1.29, 1.82) is 0 Å². The van der Waals surface area contributed by atoms with Gasteiger partial charge in [0.15, 0.2) is 0 Å². The Bertz CT molecular complexity index is 638. The molecule has 0 saturated carbocycles. The average molecular weight is 283 g/mol. The van der Waals surface area contributed by atoms with Crippen molar-refractivity contribution in [2.24, 2.45) is 0 Å². The minimum absolute atomic E-state index is 0.265. The maximum absolute atomic E-state index is 6.03. The Morgan fingerprint density at radius 3 is 2.86 bits per heavy atom. The molecule has 1 aliphatic carbocycles. The minimum atomic E-state index is 0.265. The third-order valence-electron chi connectivity index (χ3n) is 4.56. The Kier molecular flexibility index (Phi) is 4.45. The van der Waals surface area contributed by atoms with E-state index in [0.717, 1.165) is 17.9 Å². The standard InChI is InChI=1S/C19H25NO/c1-14-17-10-6-7-11-18(17)21-19(14)15(2)20-13-12-16-8-4-3-5-9-16/h6-8,10-11,15,20H,3-5,9,12-13H2,1-2H3. The monoisotopic (exact) mass is 283 g/mol. The van der Waals surface area contributed by atoms with Gasteiger partial charge in [0.25, 0.3) is 0 Å². The van der Waals surface area contributed by atoms with Crippen molar-refractivity contribution in [3.63, 3.8) is 0 Å². The molecule has 0 radical (unpaired) electrons. The van der Waals surface area contributed by atoms with Crippen molar-refractivity contribution in [2.45, 2.75) is 52.0 Å². The lowest BCUT2D eigenvalue weighted by molar-refractivity contribution is 0.448. The van der Waals surface area contributed by atoms with Gasteiger partial charge in [0.1, 0.15) is 11.3 Å². The van der Waals surface area contributed by atoms with Gasteiger partial charge in [0, 0.05) is 5.39 Å². The molecule has 0 spiro atoms. The number of para-hydroxylation sites is 1. The lowest BCUT2D eigenvalue weighted by Gasteiger charge is -2.16. The highest BCUT2D eigenvalue weighted by Gasteiger charge is 2.15. The number of allylic oxidation sites excluding steroid dienone is 1. The van der Waals surface area contributed by atoms with Gasteiger partial charge in [-0.05, 0) is 64.1 Å². The highest BCUT2D eigenvalue weighted by atomic mass is 16.3. The quantitative estimate of drug-likeness (QED) is 0.755. The van der Waals surface area contributed by atoms with Crippen LogP contribution in [0.15, 0.2) is 40.3 Å². The molecule has 2 nitrogen and oxygen atoms in total. The first-order valence-corrected chi connectivity index (χ1v) is 8.15. The molecule has 1 heterocycles. The van der Waals surface area contributed by atoms with E-state index in [0.29, 0.717) is 0 Å². The van der Waals surface area contributed by atoms with E-state index in [1.807, 2.05) is 12.1 Å². The van der Waals surface area contributed by atoms with Crippen LogP contribution in [0.1, 0.15) is 56.4 Å². The molecule has 0 bridgehead atoms. The average Bonchev–Trinajstić information content (AvgIpc) is 2.86. The number of benzene rings is 1. The summed E-state index contributed by atoms with van der Waals surface area (Å²) in [6.07, 6.45) is 8.90. The van der Waals surface area contributed by atoms with E-state index in [-0.39, 0.29) is 6.04 Å². The largest absolute Gasteiger partial charge is 0.459 e. The maximum atomic E-state index is 6.03. The van der Waals surface area contributed by atoms with Crippen LogP contribution in [0.4, 0.5) is 0 Å². The number of hydrogen-bond donors (Lipinski definition) is 1. The van der Waals surface area contributed by atoms with Gasteiger partial charge >= 0.3 is 0 Å². The summed E-state index contributed by atoms with van der Waals surface area (Å²) in [6, 6.07) is 8.55. The molecule has 1 aromatic heterocycles. The Morgan fingerprint density at radius 2 is 2.10 bits per heavy atom. The number of nitrogens with one attached hydrogen (secondary N) is 1. The summed E-state index contributed by atoms with van der Waals surface area (Å²) in [4.78, 5) is 0. The van der Waals surface area contributed by atoms with Crippen molar-refractivity contribution >= 4 is 11.0 Å². The molecule has 2 heteroatoms. The van der Waals surface area contributed by atoms with Crippen LogP contribution in [0.5, 0.6) is 0 Å². The number of hydrogen-bond acceptors (Lipinski definition) is 2. The molecule has 0 fully saturated rings. The Labute approximate surface area is 127 Å². The number of fused-ring (bicyclic) bond motifs is 1. The summed E-state index contributed by atoms with van der Waals surface area (Å²) in [5.74, 6) is 1.08. The molecule has 21 heavy (non-hydrogen) atoms. The molecule has 1 unspecified atom stereocenters. The van der Waals surface area contributed by atoms with E-state index in [4.69, 9.17) is 4.42 Å². The van der Waals surface area contributed by atoms with Gasteiger partial charge in [-0.2, -0.15) is 0 Å². The summed E-state index contributed by atoms with van der Waals surface area (Å²) in [6.45, 7) is 5.38. The molecule has 0 aliphatic heterocycles. The molecule has 3 rings (SSSR count). The van der Waals surface area contributed by atoms with Crippen molar-refractivity contribution in [3.8, 4) is 0 Å². The summed E-state index contributed by atoms with van der Waals surface area (Å²) < 4.78 is 6.03. The maximum Gasteiger partial charge on any atom is 0.134 e. The zero-order valence-corrected chi connectivity index (χ0v) is 13.1. The second-order valence-corrected chi connectivity index (χ2v) is 6.12. The predicted octanol–water partition coefficient (Wildman–Crippen LogP) is 5.28. The lowest BCUT2D eigenvalue weighted by Crippen LogP contribution is -2.20. The molecular formula is C19H25NO. The minimum Gasteiger partial charge on any atom is -0.459 e. The van der Waals surface area contributed by atoms with Crippen molar-refractivity contribution in [3.05, 3.63) is 47.2 Å². The highest BCUT2D eigenvalue weighted by molar-refractivity contribution is 5.82. The molecule has 112 valence electrons. The van der Waals surface area contributed by atoms with Crippen LogP contribution in [0.2, 0.25) is 0 Å². The van der Waals surface area contributed by atoms with E-state index in [1.54, 1.807) is 5.57 Å². The topological polar surface area (TPSA) is 25.2 Å². The fraction of sp³-hybridized carbons (Fsp3) is 0.474. The predicted molar refractivity (Wildman–Crippen MR) is 88.5 cm³/mol. The van der Waals surface area contributed by atoms with Crippen LogP contribution in [0, 0.1) is 6.92 Å². The molecule has 0 saturated heterocycles. The molecule has 1 aromatic carbocycles. The smallest absolute Gasteiger partial charge is 0.134 e. The lowest BCUT2D eigenvalue weighted by atomic mass is 9.97. The zero-order chi connectivity index (χ0) is 14.7. The van der Waals surface area contributed by atoms with Gasteiger partial charge in [-0.25, -0.2) is 0 Å². The number of rotatable bonds is 5. The number of furan rings is 1. The Morgan fingerprint density at radius 1 is 1.24 bits per heavy atom. The zero-order valence-electron chi connectivity index (χ0n) is 13.1. The van der Waals surface area contributed by atoms with Gasteiger partial charge in [0.05, 0.1) is 6.04 Å². The SMILES string of the molecule is Cc1c(C(C)NCCC2=CCCCC2)oc2ccccc12. The Hall–Kier alpha value is -1.54. The van der Waals surface area contributed by atoms with E-state index < -0.39 is 0 Å². The van der Waals surface area contributed by atoms with E-state index >= 15 is 0 Å². The van der Waals surface area contributed by atoms with Crippen molar-refractivity contribution < 1.29 is 4.42 Å². The first-order valence-electron chi connectivity index (χ1n) is 8.15. The van der Waals surface area contributed by atoms with Crippen LogP contribution >= 0.6 is 0 Å². The molecule has 0 amide bonds. The van der Waals surface area contributed by atoms with Crippen LogP contribution in [0.25, 0.3) is 11.0 Å².